The van der Waals surface area contributed by atoms with Crippen LogP contribution in [-0.4, -0.2) is 68.5 Å². The van der Waals surface area contributed by atoms with Gasteiger partial charge in [0.2, 0.25) is 5.91 Å². The van der Waals surface area contributed by atoms with Crippen LogP contribution in [-0.2, 0) is 18.4 Å². The average molecular weight is 1090 g/mol. The van der Waals surface area contributed by atoms with Gasteiger partial charge in [0.25, 0.3) is 7.82 Å². The van der Waals surface area contributed by atoms with Crippen molar-refractivity contribution in [3.8, 4) is 0 Å². The van der Waals surface area contributed by atoms with Crippen LogP contribution in [0.3, 0.4) is 0 Å². The zero-order chi connectivity index (χ0) is 56.3. The van der Waals surface area contributed by atoms with E-state index in [1.165, 1.54) is 109 Å². The molecule has 77 heavy (non-hydrogen) atoms. The maximum Gasteiger partial charge on any atom is 0.268 e. The number of amides is 1. The summed E-state index contributed by atoms with van der Waals surface area (Å²) in [5.41, 5.74) is 0. The second-order valence-corrected chi connectivity index (χ2v) is 22.7. The second-order valence-electron chi connectivity index (χ2n) is 21.3. The molecule has 0 fully saturated rings. The lowest BCUT2D eigenvalue weighted by atomic mass is 10.0. The molecule has 1 amide bonds. The van der Waals surface area contributed by atoms with E-state index in [0.29, 0.717) is 23.9 Å². The fourth-order valence-corrected chi connectivity index (χ4v) is 8.73. The summed E-state index contributed by atoms with van der Waals surface area (Å²) in [5, 5.41) is 13.8. The minimum Gasteiger partial charge on any atom is -0.756 e. The molecule has 0 aromatic rings. The van der Waals surface area contributed by atoms with Crippen LogP contribution >= 0.6 is 7.82 Å². The highest BCUT2D eigenvalue weighted by molar-refractivity contribution is 7.45. The van der Waals surface area contributed by atoms with Crippen molar-refractivity contribution in [1.29, 1.82) is 0 Å². The summed E-state index contributed by atoms with van der Waals surface area (Å²) in [6.07, 6.45) is 88.1. The third-order valence-electron chi connectivity index (χ3n) is 12.8. The number of likely N-dealkylation sites (N-methyl/N-ethyl adjacent to an activating group) is 1. The molecule has 0 rings (SSSR count). The van der Waals surface area contributed by atoms with Gasteiger partial charge in [-0.1, -0.05) is 256 Å². The molecule has 8 nitrogen and oxygen atoms in total. The van der Waals surface area contributed by atoms with Crippen LogP contribution in [0.4, 0.5) is 0 Å². The van der Waals surface area contributed by atoms with Gasteiger partial charge in [0.15, 0.2) is 0 Å². The highest BCUT2D eigenvalue weighted by Crippen LogP contribution is 2.38. The molecule has 0 aromatic heterocycles. The Balaban J connectivity index is 4.41. The fraction of sp³-hybridized carbons (Fsp3) is 0.632. The SMILES string of the molecule is CC/C=C\C/C=C\C/C=C\C/C=C\C/C=C\C/C=C\C/C=C\C/C=C\C/C=C\CCCC(=O)NC(COP(=O)([O-])OCC[N+](C)(C)C)C(O)/C=C/CC/C=C/CC/C=C/CCCCCCCCCCCCCCCCCC. The molecule has 3 atom stereocenters. The first-order chi connectivity index (χ1) is 37.5. The number of allylic oxidation sites excluding steroid dienone is 23. The number of carbonyl (C=O) groups is 1. The van der Waals surface area contributed by atoms with Gasteiger partial charge >= 0.3 is 0 Å². The van der Waals surface area contributed by atoms with E-state index in [1.807, 2.05) is 27.2 Å². The molecule has 3 unspecified atom stereocenters. The molecule has 2 N–H and O–H groups in total. The molecule has 0 aromatic carbocycles. The van der Waals surface area contributed by atoms with Gasteiger partial charge in [-0.05, 0) is 109 Å². The Morgan fingerprint density at radius 2 is 0.805 bits per heavy atom. The van der Waals surface area contributed by atoms with Gasteiger partial charge < -0.3 is 28.8 Å². The number of unbranched alkanes of at least 4 members (excludes halogenated alkanes) is 19. The molecule has 0 heterocycles. The number of hydrogen-bond acceptors (Lipinski definition) is 6. The number of aliphatic hydroxyl groups excluding tert-OH is 1. The minimum atomic E-state index is -4.64. The lowest BCUT2D eigenvalue weighted by molar-refractivity contribution is -0.870. The van der Waals surface area contributed by atoms with Crippen molar-refractivity contribution in [2.45, 2.75) is 238 Å². The van der Waals surface area contributed by atoms with Crippen molar-refractivity contribution in [2.75, 3.05) is 40.9 Å². The second kappa shape index (κ2) is 57.1. The highest BCUT2D eigenvalue weighted by atomic mass is 31.2. The quantitative estimate of drug-likeness (QED) is 0.0272. The maximum absolute atomic E-state index is 13.0. The molecule has 0 aliphatic carbocycles. The van der Waals surface area contributed by atoms with Crippen molar-refractivity contribution in [3.05, 3.63) is 146 Å². The minimum absolute atomic E-state index is 0.0285. The third-order valence-corrected chi connectivity index (χ3v) is 13.7. The molecule has 0 aliphatic heterocycles. The maximum atomic E-state index is 13.0. The van der Waals surface area contributed by atoms with E-state index < -0.39 is 26.6 Å². The first-order valence-corrected chi connectivity index (χ1v) is 32.2. The van der Waals surface area contributed by atoms with Crippen molar-refractivity contribution in [1.82, 2.24) is 5.32 Å². The van der Waals surface area contributed by atoms with Crippen LogP contribution in [0.2, 0.25) is 0 Å². The predicted molar refractivity (Wildman–Crippen MR) is 334 cm³/mol. The summed E-state index contributed by atoms with van der Waals surface area (Å²) in [6, 6.07) is -0.954. The number of nitrogens with one attached hydrogen (secondary N) is 1. The van der Waals surface area contributed by atoms with Crippen LogP contribution in [0, 0.1) is 0 Å². The largest absolute Gasteiger partial charge is 0.756 e. The van der Waals surface area contributed by atoms with E-state index in [2.05, 4.69) is 153 Å². The molecule has 0 aliphatic rings. The van der Waals surface area contributed by atoms with Crippen molar-refractivity contribution < 1.29 is 32.9 Å². The van der Waals surface area contributed by atoms with Crippen LogP contribution in [0.15, 0.2) is 146 Å². The summed E-state index contributed by atoms with van der Waals surface area (Å²) < 4.78 is 23.3. The number of phosphoric acid groups is 1. The molecular weight excluding hydrogens is 972 g/mol. The molecule has 9 heteroatoms. The van der Waals surface area contributed by atoms with Crippen molar-refractivity contribution in [3.63, 3.8) is 0 Å². The monoisotopic (exact) mass is 1090 g/mol. The van der Waals surface area contributed by atoms with Gasteiger partial charge in [0.05, 0.1) is 39.9 Å². The van der Waals surface area contributed by atoms with Gasteiger partial charge in [-0.15, -0.1) is 0 Å². The fourth-order valence-electron chi connectivity index (χ4n) is 8.01. The Bertz CT molecular complexity index is 1760. The average Bonchev–Trinajstić information content (AvgIpc) is 3.39. The highest BCUT2D eigenvalue weighted by Gasteiger charge is 2.23. The van der Waals surface area contributed by atoms with Gasteiger partial charge in [-0.3, -0.25) is 9.36 Å². The van der Waals surface area contributed by atoms with E-state index in [9.17, 15) is 19.4 Å². The van der Waals surface area contributed by atoms with Gasteiger partial charge in [-0.2, -0.15) is 0 Å². The third kappa shape index (κ3) is 59.9. The number of phosphoric ester groups is 1. The standard InChI is InChI=1S/C68H115N2O6P/c1-6-8-10-12-14-16-18-20-22-24-26-28-30-32-34-35-36-38-40-42-44-46-48-50-52-54-56-58-60-62-68(72)69-66(65-76-77(73,74)75-64-63-70(3,4)5)67(71)61-59-57-55-53-51-49-47-45-43-41-39-37-33-31-29-27-25-23-21-19-17-15-13-11-9-7-2/h8,10,14,16,20,22,26,28,32,34,36,38,42-45,48,50-51,53-54,56,59,61,66-67,71H,6-7,9,11-13,15,17-19,21,23-25,27,29-31,33,35,37,39-41,46-47,49,52,55,57-58,60,62-65H2,1-5H3,(H-,69,72,73,74)/b10-8-,16-14-,22-20-,28-26-,34-32-,38-36-,44-42-,45-43+,50-48-,53-51+,56-54-,61-59+. The normalized spacial score (nSPS) is 14.8. The molecule has 438 valence electrons. The molecule has 0 spiro atoms. The summed E-state index contributed by atoms with van der Waals surface area (Å²) in [6.45, 7) is 4.46. The summed E-state index contributed by atoms with van der Waals surface area (Å²) in [7, 11) is 1.18. The predicted octanol–water partition coefficient (Wildman–Crippen LogP) is 18.6. The molecule has 0 saturated carbocycles. The van der Waals surface area contributed by atoms with Crippen LogP contribution in [0.1, 0.15) is 226 Å². The zero-order valence-corrected chi connectivity index (χ0v) is 50.7. The van der Waals surface area contributed by atoms with E-state index in [-0.39, 0.29) is 18.9 Å². The number of carbonyl (C=O) groups excluding carboxylic acids is 1. The van der Waals surface area contributed by atoms with Crippen molar-refractivity contribution >= 4 is 13.7 Å². The number of hydrogen-bond donors (Lipinski definition) is 2. The lowest BCUT2D eigenvalue weighted by Crippen LogP contribution is -2.45. The van der Waals surface area contributed by atoms with Crippen LogP contribution < -0.4 is 10.2 Å². The number of aliphatic hydroxyl groups is 1. The van der Waals surface area contributed by atoms with Crippen LogP contribution in [0.25, 0.3) is 0 Å². The Hall–Kier alpha value is -3.62. The summed E-state index contributed by atoms with van der Waals surface area (Å²) in [4.78, 5) is 25.5. The molecular formula is C68H115N2O6P. The number of rotatable bonds is 54. The first kappa shape index (κ1) is 73.4. The van der Waals surface area contributed by atoms with Gasteiger partial charge in [0, 0.05) is 6.42 Å². The Morgan fingerprint density at radius 1 is 0.468 bits per heavy atom. The Kier molecular flexibility index (Phi) is 54.4. The van der Waals surface area contributed by atoms with Crippen molar-refractivity contribution in [2.24, 2.45) is 0 Å². The zero-order valence-electron chi connectivity index (χ0n) is 49.8. The van der Waals surface area contributed by atoms with E-state index in [0.717, 1.165) is 83.5 Å². The molecule has 0 saturated heterocycles. The Morgan fingerprint density at radius 3 is 1.21 bits per heavy atom. The molecule has 0 bridgehead atoms. The summed E-state index contributed by atoms with van der Waals surface area (Å²) in [5.74, 6) is -0.274. The van der Waals surface area contributed by atoms with E-state index in [4.69, 9.17) is 9.05 Å². The van der Waals surface area contributed by atoms with E-state index >= 15 is 0 Å². The number of quaternary nitrogens is 1. The van der Waals surface area contributed by atoms with Gasteiger partial charge in [0.1, 0.15) is 13.2 Å². The smallest absolute Gasteiger partial charge is 0.268 e. The lowest BCUT2D eigenvalue weighted by Gasteiger charge is -2.29. The van der Waals surface area contributed by atoms with Gasteiger partial charge in [-0.25, -0.2) is 0 Å². The molecule has 0 radical (unpaired) electrons. The van der Waals surface area contributed by atoms with E-state index in [1.54, 1.807) is 6.08 Å². The summed E-state index contributed by atoms with van der Waals surface area (Å²) >= 11 is 0. The number of nitrogens with zero attached hydrogens (tertiary/aromatic N) is 1. The van der Waals surface area contributed by atoms with Crippen LogP contribution in [0.5, 0.6) is 0 Å². The topological polar surface area (TPSA) is 108 Å². The Labute approximate surface area is 474 Å². The first-order valence-electron chi connectivity index (χ1n) is 30.7.